The lowest BCUT2D eigenvalue weighted by atomic mass is 9.49. The third-order valence-electron chi connectivity index (χ3n) is 8.99. The van der Waals surface area contributed by atoms with E-state index in [2.05, 4.69) is 13.8 Å². The van der Waals surface area contributed by atoms with E-state index >= 15 is 0 Å². The third kappa shape index (κ3) is 1.99. The standard InChI is InChI=1S/C21H36/c1-20(14-8-3-9-15-20)21(2)18-12-6-4-10-16(18)17-11-5-7-13-19(17)21/h16-19H,3-15H2,1-2H3. The van der Waals surface area contributed by atoms with E-state index in [0.717, 1.165) is 23.7 Å². The van der Waals surface area contributed by atoms with E-state index in [1.165, 1.54) is 57.8 Å². The minimum absolute atomic E-state index is 0.669. The average Bonchev–Trinajstić information content (AvgIpc) is 2.80. The van der Waals surface area contributed by atoms with Gasteiger partial charge in [0.05, 0.1) is 0 Å². The Morgan fingerprint density at radius 2 is 1.05 bits per heavy atom. The van der Waals surface area contributed by atoms with E-state index in [1.807, 2.05) is 0 Å². The maximum Gasteiger partial charge on any atom is -0.0210 e. The SMILES string of the molecule is CC1(C2(C)C3CCCCC3C3CCCCC32)CCCCC1. The minimum atomic E-state index is 0.669. The summed E-state index contributed by atoms with van der Waals surface area (Å²) in [6.07, 6.45) is 20.1. The summed E-state index contributed by atoms with van der Waals surface area (Å²) in [6.45, 7) is 5.51. The van der Waals surface area contributed by atoms with Gasteiger partial charge in [-0.1, -0.05) is 58.8 Å². The Morgan fingerprint density at radius 3 is 1.57 bits per heavy atom. The largest absolute Gasteiger partial charge is 0.0591 e. The van der Waals surface area contributed by atoms with Gasteiger partial charge in [0.25, 0.3) is 0 Å². The number of hydrogen-bond acceptors (Lipinski definition) is 0. The maximum absolute atomic E-state index is 2.79. The Hall–Kier alpha value is 0. The van der Waals surface area contributed by atoms with Gasteiger partial charge >= 0.3 is 0 Å². The van der Waals surface area contributed by atoms with Crippen molar-refractivity contribution in [2.75, 3.05) is 0 Å². The molecule has 0 spiro atoms. The van der Waals surface area contributed by atoms with Gasteiger partial charge in [-0.05, 0) is 73.0 Å². The van der Waals surface area contributed by atoms with Crippen molar-refractivity contribution < 1.29 is 0 Å². The summed E-state index contributed by atoms with van der Waals surface area (Å²) in [5.74, 6) is 4.41. The van der Waals surface area contributed by atoms with Gasteiger partial charge in [-0.15, -0.1) is 0 Å². The number of fused-ring (bicyclic) bond motifs is 3. The minimum Gasteiger partial charge on any atom is -0.0591 e. The number of hydrogen-bond donors (Lipinski definition) is 0. The van der Waals surface area contributed by atoms with Gasteiger partial charge in [-0.3, -0.25) is 0 Å². The van der Waals surface area contributed by atoms with Crippen LogP contribution in [0.1, 0.15) is 97.3 Å². The van der Waals surface area contributed by atoms with Crippen molar-refractivity contribution in [3.63, 3.8) is 0 Å². The number of rotatable bonds is 1. The molecule has 0 aliphatic heterocycles. The summed E-state index contributed by atoms with van der Waals surface area (Å²) in [4.78, 5) is 0. The van der Waals surface area contributed by atoms with Gasteiger partial charge in [-0.25, -0.2) is 0 Å². The molecule has 4 unspecified atom stereocenters. The van der Waals surface area contributed by atoms with Crippen LogP contribution in [-0.4, -0.2) is 0 Å². The van der Waals surface area contributed by atoms with E-state index < -0.39 is 0 Å². The molecular weight excluding hydrogens is 252 g/mol. The average molecular weight is 289 g/mol. The lowest BCUT2D eigenvalue weighted by Gasteiger charge is -2.55. The van der Waals surface area contributed by atoms with Gasteiger partial charge in [0.1, 0.15) is 0 Å². The van der Waals surface area contributed by atoms with Gasteiger partial charge in [0, 0.05) is 0 Å². The van der Waals surface area contributed by atoms with Crippen LogP contribution >= 0.6 is 0 Å². The molecule has 0 aromatic rings. The van der Waals surface area contributed by atoms with E-state index in [9.17, 15) is 0 Å². The molecule has 4 atom stereocenters. The molecule has 4 aliphatic carbocycles. The predicted octanol–water partition coefficient (Wildman–Crippen LogP) is 6.59. The summed E-state index contributed by atoms with van der Waals surface area (Å²) in [5, 5.41) is 0. The van der Waals surface area contributed by atoms with Crippen molar-refractivity contribution in [3.8, 4) is 0 Å². The summed E-state index contributed by atoms with van der Waals surface area (Å²) >= 11 is 0. The second kappa shape index (κ2) is 5.27. The van der Waals surface area contributed by atoms with Crippen molar-refractivity contribution in [3.05, 3.63) is 0 Å². The van der Waals surface area contributed by atoms with E-state index in [1.54, 1.807) is 25.7 Å². The monoisotopic (exact) mass is 288 g/mol. The van der Waals surface area contributed by atoms with Crippen molar-refractivity contribution in [2.45, 2.75) is 97.3 Å². The fourth-order valence-electron chi connectivity index (χ4n) is 7.87. The lowest BCUT2D eigenvalue weighted by molar-refractivity contribution is -0.0617. The molecule has 21 heavy (non-hydrogen) atoms. The molecule has 0 heteroatoms. The van der Waals surface area contributed by atoms with Crippen LogP contribution in [0.5, 0.6) is 0 Å². The molecule has 0 saturated heterocycles. The van der Waals surface area contributed by atoms with Crippen molar-refractivity contribution in [1.82, 2.24) is 0 Å². The fourth-order valence-corrected chi connectivity index (χ4v) is 7.87. The highest BCUT2D eigenvalue weighted by Gasteiger charge is 2.63. The summed E-state index contributed by atoms with van der Waals surface area (Å²) in [5.41, 5.74) is 1.35. The van der Waals surface area contributed by atoms with Crippen LogP contribution in [0.25, 0.3) is 0 Å². The molecule has 0 nitrogen and oxygen atoms in total. The second-order valence-corrected chi connectivity index (χ2v) is 9.51. The van der Waals surface area contributed by atoms with Crippen LogP contribution in [0, 0.1) is 34.5 Å². The molecule has 0 radical (unpaired) electrons. The maximum atomic E-state index is 2.79. The molecule has 0 bridgehead atoms. The Morgan fingerprint density at radius 1 is 0.571 bits per heavy atom. The van der Waals surface area contributed by atoms with Crippen molar-refractivity contribution in [1.29, 1.82) is 0 Å². The Kier molecular flexibility index (Phi) is 3.66. The highest BCUT2D eigenvalue weighted by molar-refractivity contribution is 5.12. The first-order valence-corrected chi connectivity index (χ1v) is 10.2. The van der Waals surface area contributed by atoms with Gasteiger partial charge in [0.15, 0.2) is 0 Å². The molecule has 4 aliphatic rings. The normalized spacial score (nSPS) is 49.4. The summed E-state index contributed by atoms with van der Waals surface area (Å²) in [6, 6.07) is 0. The summed E-state index contributed by atoms with van der Waals surface area (Å²) < 4.78 is 0. The first kappa shape index (κ1) is 14.6. The quantitative estimate of drug-likeness (QED) is 0.510. The molecule has 0 aromatic heterocycles. The Balaban J connectivity index is 1.73. The topological polar surface area (TPSA) is 0 Å². The fraction of sp³-hybridized carbons (Fsp3) is 1.00. The van der Waals surface area contributed by atoms with Crippen molar-refractivity contribution in [2.24, 2.45) is 34.5 Å². The Labute approximate surface area is 132 Å². The molecule has 0 heterocycles. The zero-order chi connectivity index (χ0) is 14.5. The zero-order valence-corrected chi connectivity index (χ0v) is 14.5. The molecule has 0 amide bonds. The van der Waals surface area contributed by atoms with E-state index in [-0.39, 0.29) is 0 Å². The third-order valence-corrected chi connectivity index (χ3v) is 8.99. The highest BCUT2D eigenvalue weighted by Crippen LogP contribution is 2.71. The summed E-state index contributed by atoms with van der Waals surface area (Å²) in [7, 11) is 0. The molecule has 4 rings (SSSR count). The van der Waals surface area contributed by atoms with Gasteiger partial charge in [0.2, 0.25) is 0 Å². The Bertz CT molecular complexity index is 353. The van der Waals surface area contributed by atoms with Gasteiger partial charge in [-0.2, -0.15) is 0 Å². The zero-order valence-electron chi connectivity index (χ0n) is 14.5. The first-order chi connectivity index (χ1) is 10.2. The molecule has 120 valence electrons. The predicted molar refractivity (Wildman–Crippen MR) is 90.2 cm³/mol. The highest BCUT2D eigenvalue weighted by atomic mass is 14.7. The smallest absolute Gasteiger partial charge is 0.0210 e. The van der Waals surface area contributed by atoms with E-state index in [0.29, 0.717) is 10.8 Å². The molecule has 0 N–H and O–H groups in total. The van der Waals surface area contributed by atoms with Gasteiger partial charge < -0.3 is 0 Å². The first-order valence-electron chi connectivity index (χ1n) is 10.2. The van der Waals surface area contributed by atoms with Crippen LogP contribution in [-0.2, 0) is 0 Å². The van der Waals surface area contributed by atoms with Crippen LogP contribution in [0.2, 0.25) is 0 Å². The van der Waals surface area contributed by atoms with Crippen LogP contribution < -0.4 is 0 Å². The second-order valence-electron chi connectivity index (χ2n) is 9.51. The van der Waals surface area contributed by atoms with Crippen LogP contribution in [0.4, 0.5) is 0 Å². The molecular formula is C21H36. The molecule has 4 saturated carbocycles. The van der Waals surface area contributed by atoms with Crippen molar-refractivity contribution >= 4 is 0 Å². The lowest BCUT2D eigenvalue weighted by Crippen LogP contribution is -2.47. The van der Waals surface area contributed by atoms with Crippen LogP contribution in [0.15, 0.2) is 0 Å². The van der Waals surface area contributed by atoms with E-state index in [4.69, 9.17) is 0 Å². The molecule has 0 aromatic carbocycles. The van der Waals surface area contributed by atoms with Crippen LogP contribution in [0.3, 0.4) is 0 Å². The molecule has 4 fully saturated rings.